The quantitative estimate of drug-likeness (QED) is 0.810. The summed E-state index contributed by atoms with van der Waals surface area (Å²) in [7, 11) is 1.65. The van der Waals surface area contributed by atoms with Gasteiger partial charge in [-0.2, -0.15) is 0 Å². The lowest BCUT2D eigenvalue weighted by atomic mass is 10.1. The molecule has 0 spiro atoms. The van der Waals surface area contributed by atoms with Crippen LogP contribution in [-0.4, -0.2) is 29.3 Å². The molecule has 0 radical (unpaired) electrons. The fourth-order valence-corrected chi connectivity index (χ4v) is 1.64. The van der Waals surface area contributed by atoms with Gasteiger partial charge in [0.25, 0.3) is 0 Å². The molecule has 1 atom stereocenters. The summed E-state index contributed by atoms with van der Waals surface area (Å²) in [6.07, 6.45) is 2.08. The second-order valence-corrected chi connectivity index (χ2v) is 4.87. The van der Waals surface area contributed by atoms with Gasteiger partial charge < -0.3 is 14.3 Å². The van der Waals surface area contributed by atoms with Crippen molar-refractivity contribution in [3.63, 3.8) is 0 Å². The Morgan fingerprint density at radius 2 is 2.11 bits per heavy atom. The Hall–Kier alpha value is -1.36. The topological polar surface area (TPSA) is 72.6 Å². The third-order valence-corrected chi connectivity index (χ3v) is 2.70. The van der Waals surface area contributed by atoms with E-state index in [1.165, 1.54) is 0 Å². The first-order chi connectivity index (χ1) is 8.43. The molecule has 1 rings (SSSR count). The van der Waals surface area contributed by atoms with Gasteiger partial charge in [0.2, 0.25) is 5.76 Å². The van der Waals surface area contributed by atoms with Gasteiger partial charge >= 0.3 is 5.97 Å². The van der Waals surface area contributed by atoms with Crippen molar-refractivity contribution in [2.24, 2.45) is 5.92 Å². The fraction of sp³-hybridized carbons (Fsp3) is 0.692. The molecule has 1 heterocycles. The Balaban J connectivity index is 2.78. The van der Waals surface area contributed by atoms with Crippen LogP contribution >= 0.6 is 0 Å². The number of ether oxygens (including phenoxy) is 1. The smallest absolute Gasteiger partial charge is 0.373 e. The van der Waals surface area contributed by atoms with Crippen molar-refractivity contribution in [1.82, 2.24) is 4.98 Å². The fourth-order valence-electron chi connectivity index (χ4n) is 1.64. The van der Waals surface area contributed by atoms with E-state index in [0.717, 1.165) is 6.42 Å². The predicted octanol–water partition coefficient (Wildman–Crippen LogP) is 2.54. The third kappa shape index (κ3) is 4.14. The highest BCUT2D eigenvalue weighted by atomic mass is 16.5. The van der Waals surface area contributed by atoms with Crippen molar-refractivity contribution in [3.8, 4) is 0 Å². The second kappa shape index (κ2) is 6.54. The highest BCUT2D eigenvalue weighted by molar-refractivity contribution is 5.85. The lowest BCUT2D eigenvalue weighted by Gasteiger charge is -2.06. The van der Waals surface area contributed by atoms with Crippen LogP contribution in [0.15, 0.2) is 4.42 Å². The normalized spacial score (nSPS) is 12.9. The van der Waals surface area contributed by atoms with Crippen LogP contribution in [0.1, 0.15) is 49.3 Å². The molecule has 1 aromatic rings. The number of hydrogen-bond donors (Lipinski definition) is 1. The van der Waals surface area contributed by atoms with Gasteiger partial charge in [0.15, 0.2) is 5.89 Å². The molecule has 0 saturated heterocycles. The summed E-state index contributed by atoms with van der Waals surface area (Å²) in [5.74, 6) is -0.251. The number of carboxylic acid groups (broad SMARTS) is 1. The zero-order valence-corrected chi connectivity index (χ0v) is 11.4. The van der Waals surface area contributed by atoms with Crippen LogP contribution in [0.2, 0.25) is 0 Å². The molecule has 102 valence electrons. The monoisotopic (exact) mass is 255 g/mol. The highest BCUT2D eigenvalue weighted by Gasteiger charge is 2.20. The van der Waals surface area contributed by atoms with Crippen LogP contribution in [-0.2, 0) is 17.6 Å². The van der Waals surface area contributed by atoms with Crippen molar-refractivity contribution in [3.05, 3.63) is 17.3 Å². The molecule has 0 bridgehead atoms. The standard InChI is InChI=1S/C13H21NO4/c1-8(2)7-10-12(13(15)16)18-11(14-10)6-5-9(3)17-4/h8-9H,5-7H2,1-4H3,(H,15,16). The molecule has 1 aromatic heterocycles. The maximum atomic E-state index is 11.1. The van der Waals surface area contributed by atoms with Crippen molar-refractivity contribution in [1.29, 1.82) is 0 Å². The molecule has 0 amide bonds. The Morgan fingerprint density at radius 3 is 2.61 bits per heavy atom. The zero-order chi connectivity index (χ0) is 13.7. The molecule has 0 aliphatic rings. The van der Waals surface area contributed by atoms with E-state index in [9.17, 15) is 4.79 Å². The molecule has 0 aromatic carbocycles. The molecule has 0 aliphatic carbocycles. The summed E-state index contributed by atoms with van der Waals surface area (Å²) in [5, 5.41) is 9.06. The first kappa shape index (κ1) is 14.7. The van der Waals surface area contributed by atoms with E-state index in [4.69, 9.17) is 14.3 Å². The molecule has 18 heavy (non-hydrogen) atoms. The minimum Gasteiger partial charge on any atom is -0.475 e. The molecule has 0 fully saturated rings. The molecule has 0 aliphatic heterocycles. The minimum absolute atomic E-state index is 0.0243. The zero-order valence-electron chi connectivity index (χ0n) is 11.4. The number of aryl methyl sites for hydroxylation is 1. The van der Waals surface area contributed by atoms with Crippen molar-refractivity contribution in [2.45, 2.75) is 46.1 Å². The minimum atomic E-state index is -1.05. The molecule has 1 N–H and O–H groups in total. The Morgan fingerprint density at radius 1 is 1.44 bits per heavy atom. The summed E-state index contributed by atoms with van der Waals surface area (Å²) in [6, 6.07) is 0. The average Bonchev–Trinajstić information content (AvgIpc) is 2.68. The largest absolute Gasteiger partial charge is 0.475 e. The number of nitrogens with zero attached hydrogens (tertiary/aromatic N) is 1. The number of methoxy groups -OCH3 is 1. The predicted molar refractivity (Wildman–Crippen MR) is 66.8 cm³/mol. The maximum Gasteiger partial charge on any atom is 0.373 e. The number of carbonyl (C=O) groups is 1. The van der Waals surface area contributed by atoms with Gasteiger partial charge in [-0.25, -0.2) is 9.78 Å². The van der Waals surface area contributed by atoms with Crippen LogP contribution in [0.5, 0.6) is 0 Å². The second-order valence-electron chi connectivity index (χ2n) is 4.87. The van der Waals surface area contributed by atoms with E-state index in [0.29, 0.717) is 30.3 Å². The van der Waals surface area contributed by atoms with Crippen LogP contribution in [0.25, 0.3) is 0 Å². The van der Waals surface area contributed by atoms with E-state index < -0.39 is 5.97 Å². The van der Waals surface area contributed by atoms with Crippen LogP contribution in [0.3, 0.4) is 0 Å². The lowest BCUT2D eigenvalue weighted by molar-refractivity contribution is 0.0657. The van der Waals surface area contributed by atoms with Gasteiger partial charge in [0.1, 0.15) is 0 Å². The number of aromatic carboxylic acids is 1. The van der Waals surface area contributed by atoms with Gasteiger partial charge in [0.05, 0.1) is 11.8 Å². The molecule has 5 nitrogen and oxygen atoms in total. The number of rotatable bonds is 7. The summed E-state index contributed by atoms with van der Waals surface area (Å²) < 4.78 is 10.4. The summed E-state index contributed by atoms with van der Waals surface area (Å²) >= 11 is 0. The van der Waals surface area contributed by atoms with Gasteiger partial charge in [-0.3, -0.25) is 0 Å². The number of hydrogen-bond acceptors (Lipinski definition) is 4. The summed E-state index contributed by atoms with van der Waals surface area (Å²) in [4.78, 5) is 15.3. The lowest BCUT2D eigenvalue weighted by Crippen LogP contribution is -2.06. The van der Waals surface area contributed by atoms with Crippen LogP contribution in [0.4, 0.5) is 0 Å². The Bertz CT molecular complexity index is 398. The van der Waals surface area contributed by atoms with Crippen LogP contribution < -0.4 is 0 Å². The van der Waals surface area contributed by atoms with Gasteiger partial charge in [-0.1, -0.05) is 13.8 Å². The first-order valence-corrected chi connectivity index (χ1v) is 6.18. The van der Waals surface area contributed by atoms with Gasteiger partial charge in [-0.05, 0) is 25.7 Å². The van der Waals surface area contributed by atoms with Gasteiger partial charge in [-0.15, -0.1) is 0 Å². The molecular weight excluding hydrogens is 234 g/mol. The van der Waals surface area contributed by atoms with Crippen molar-refractivity contribution in [2.75, 3.05) is 7.11 Å². The van der Waals surface area contributed by atoms with Crippen molar-refractivity contribution >= 4 is 5.97 Å². The third-order valence-electron chi connectivity index (χ3n) is 2.70. The van der Waals surface area contributed by atoms with E-state index in [1.54, 1.807) is 7.11 Å². The first-order valence-electron chi connectivity index (χ1n) is 6.18. The summed E-state index contributed by atoms with van der Waals surface area (Å²) in [6.45, 7) is 6.00. The molecule has 0 saturated carbocycles. The number of aromatic nitrogens is 1. The maximum absolute atomic E-state index is 11.1. The van der Waals surface area contributed by atoms with Crippen LogP contribution in [0, 0.1) is 5.92 Å². The van der Waals surface area contributed by atoms with Crippen molar-refractivity contribution < 1.29 is 19.1 Å². The Kier molecular flexibility index (Phi) is 5.34. The Labute approximate surface area is 107 Å². The van der Waals surface area contributed by atoms with E-state index in [2.05, 4.69) is 4.98 Å². The SMILES string of the molecule is COC(C)CCc1nc(CC(C)C)c(C(=O)O)o1. The highest BCUT2D eigenvalue weighted by Crippen LogP contribution is 2.17. The molecule has 1 unspecified atom stereocenters. The molecular formula is C13H21NO4. The van der Waals surface area contributed by atoms with E-state index >= 15 is 0 Å². The summed E-state index contributed by atoms with van der Waals surface area (Å²) in [5.41, 5.74) is 0.539. The van der Waals surface area contributed by atoms with E-state index in [-0.39, 0.29) is 11.9 Å². The van der Waals surface area contributed by atoms with E-state index in [1.807, 2.05) is 20.8 Å². The molecule has 5 heteroatoms. The van der Waals surface area contributed by atoms with Gasteiger partial charge in [0, 0.05) is 13.5 Å². The number of carboxylic acids is 1. The average molecular weight is 255 g/mol. The number of oxazole rings is 1.